The van der Waals surface area contributed by atoms with Crippen LogP contribution in [0.3, 0.4) is 0 Å². The van der Waals surface area contributed by atoms with Crippen LogP contribution in [0.2, 0.25) is 0 Å². The molecule has 0 saturated carbocycles. The highest BCUT2D eigenvalue weighted by atomic mass is 19.1. The zero-order chi connectivity index (χ0) is 12.4. The molecular formula is C12H11FN2O2. The van der Waals surface area contributed by atoms with Crippen molar-refractivity contribution in [2.45, 2.75) is 0 Å². The minimum Gasteiger partial charge on any atom is -0.494 e. The third-order valence-electron chi connectivity index (χ3n) is 2.52. The Labute approximate surface area is 97.7 Å². The Morgan fingerprint density at radius 1 is 1.47 bits per heavy atom. The van der Waals surface area contributed by atoms with E-state index in [4.69, 9.17) is 4.74 Å². The Hall–Kier alpha value is -2.17. The first kappa shape index (κ1) is 11.3. The second-order valence-electron chi connectivity index (χ2n) is 3.56. The highest BCUT2D eigenvalue weighted by Crippen LogP contribution is 2.26. The Kier molecular flexibility index (Phi) is 2.91. The summed E-state index contributed by atoms with van der Waals surface area (Å²) in [5, 5.41) is 0. The molecule has 1 aromatic heterocycles. The summed E-state index contributed by atoms with van der Waals surface area (Å²) in [5.41, 5.74) is 1.42. The molecule has 0 fully saturated rings. The van der Waals surface area contributed by atoms with Gasteiger partial charge in [0.1, 0.15) is 5.69 Å². The molecule has 0 amide bonds. The number of hydrogen-bond acceptors (Lipinski definition) is 3. The molecule has 2 rings (SSSR count). The van der Waals surface area contributed by atoms with Crippen LogP contribution in [0.1, 0.15) is 10.5 Å². The molecule has 2 aromatic rings. The van der Waals surface area contributed by atoms with Gasteiger partial charge in [0.15, 0.2) is 17.9 Å². The lowest BCUT2D eigenvalue weighted by molar-refractivity contribution is 0.111. The van der Waals surface area contributed by atoms with Gasteiger partial charge in [-0.25, -0.2) is 9.37 Å². The summed E-state index contributed by atoms with van der Waals surface area (Å²) in [4.78, 5) is 15.0. The minimum absolute atomic E-state index is 0.164. The summed E-state index contributed by atoms with van der Waals surface area (Å²) in [6.45, 7) is 0. The minimum atomic E-state index is -0.479. The maximum Gasteiger partial charge on any atom is 0.168 e. The lowest BCUT2D eigenvalue weighted by Gasteiger charge is -2.04. The van der Waals surface area contributed by atoms with Crippen molar-refractivity contribution in [3.63, 3.8) is 0 Å². The maximum absolute atomic E-state index is 13.5. The number of nitrogens with zero attached hydrogens (tertiary/aromatic N) is 2. The van der Waals surface area contributed by atoms with Crippen molar-refractivity contribution in [3.8, 4) is 17.0 Å². The van der Waals surface area contributed by atoms with Crippen LogP contribution in [0.25, 0.3) is 11.3 Å². The van der Waals surface area contributed by atoms with Crippen LogP contribution < -0.4 is 4.74 Å². The van der Waals surface area contributed by atoms with Crippen molar-refractivity contribution in [2.75, 3.05) is 7.11 Å². The van der Waals surface area contributed by atoms with Gasteiger partial charge in [-0.1, -0.05) is 0 Å². The number of aromatic nitrogens is 2. The number of carbonyl (C=O) groups is 1. The van der Waals surface area contributed by atoms with Gasteiger partial charge in [0, 0.05) is 12.6 Å². The van der Waals surface area contributed by atoms with E-state index in [1.165, 1.54) is 25.6 Å². The molecular weight excluding hydrogens is 223 g/mol. The average Bonchev–Trinajstić information content (AvgIpc) is 2.70. The molecule has 0 aliphatic carbocycles. The lowest BCUT2D eigenvalue weighted by Crippen LogP contribution is -1.95. The van der Waals surface area contributed by atoms with Crippen LogP contribution in [-0.2, 0) is 7.05 Å². The zero-order valence-corrected chi connectivity index (χ0v) is 9.48. The molecule has 0 bridgehead atoms. The number of carbonyl (C=O) groups excluding carboxylic acids is 1. The number of benzene rings is 1. The second-order valence-corrected chi connectivity index (χ2v) is 3.56. The quantitative estimate of drug-likeness (QED) is 0.763. The smallest absolute Gasteiger partial charge is 0.168 e. The summed E-state index contributed by atoms with van der Waals surface area (Å²) >= 11 is 0. The van der Waals surface area contributed by atoms with Gasteiger partial charge in [-0.05, 0) is 18.2 Å². The Morgan fingerprint density at radius 2 is 2.24 bits per heavy atom. The maximum atomic E-state index is 13.5. The third-order valence-corrected chi connectivity index (χ3v) is 2.52. The molecule has 0 saturated heterocycles. The number of hydrogen-bond donors (Lipinski definition) is 0. The van der Waals surface area contributed by atoms with E-state index in [-0.39, 0.29) is 5.75 Å². The first-order chi connectivity index (χ1) is 8.17. The zero-order valence-electron chi connectivity index (χ0n) is 9.48. The van der Waals surface area contributed by atoms with Gasteiger partial charge in [-0.3, -0.25) is 4.79 Å². The van der Waals surface area contributed by atoms with E-state index < -0.39 is 5.82 Å². The van der Waals surface area contributed by atoms with Gasteiger partial charge >= 0.3 is 0 Å². The Morgan fingerprint density at radius 3 is 2.82 bits per heavy atom. The fourth-order valence-electron chi connectivity index (χ4n) is 1.61. The molecule has 0 unspecified atom stereocenters. The largest absolute Gasteiger partial charge is 0.494 e. The van der Waals surface area contributed by atoms with Crippen LogP contribution in [0.4, 0.5) is 4.39 Å². The molecule has 1 heterocycles. The number of rotatable bonds is 3. The number of halogens is 1. The Bertz CT molecular complexity index is 564. The molecule has 5 heteroatoms. The van der Waals surface area contributed by atoms with Crippen LogP contribution in [0, 0.1) is 5.82 Å². The third kappa shape index (κ3) is 1.91. The van der Waals surface area contributed by atoms with Gasteiger partial charge in [0.2, 0.25) is 0 Å². The number of ether oxygens (including phenoxy) is 1. The molecule has 17 heavy (non-hydrogen) atoms. The number of imidazole rings is 1. The van der Waals surface area contributed by atoms with E-state index in [0.717, 1.165) is 0 Å². The SMILES string of the molecule is COc1ccc(-c2ncn(C)c2C=O)cc1F. The van der Waals surface area contributed by atoms with Crippen molar-refractivity contribution < 1.29 is 13.9 Å². The molecule has 1 aromatic carbocycles. The molecule has 0 radical (unpaired) electrons. The normalized spacial score (nSPS) is 10.3. The van der Waals surface area contributed by atoms with E-state index in [1.807, 2.05) is 0 Å². The Balaban J connectivity index is 2.53. The van der Waals surface area contributed by atoms with Crippen LogP contribution in [0.5, 0.6) is 5.75 Å². The van der Waals surface area contributed by atoms with E-state index in [2.05, 4.69) is 4.98 Å². The highest BCUT2D eigenvalue weighted by Gasteiger charge is 2.12. The van der Waals surface area contributed by atoms with Crippen molar-refractivity contribution in [1.82, 2.24) is 9.55 Å². The van der Waals surface area contributed by atoms with E-state index >= 15 is 0 Å². The number of aldehydes is 1. The van der Waals surface area contributed by atoms with E-state index in [0.29, 0.717) is 23.2 Å². The van der Waals surface area contributed by atoms with Crippen molar-refractivity contribution in [2.24, 2.45) is 7.05 Å². The topological polar surface area (TPSA) is 44.1 Å². The van der Waals surface area contributed by atoms with Crippen LogP contribution >= 0.6 is 0 Å². The van der Waals surface area contributed by atoms with E-state index in [1.54, 1.807) is 17.7 Å². The monoisotopic (exact) mass is 234 g/mol. The molecule has 4 nitrogen and oxygen atoms in total. The van der Waals surface area contributed by atoms with Gasteiger partial charge in [-0.2, -0.15) is 0 Å². The summed E-state index contributed by atoms with van der Waals surface area (Å²) in [7, 11) is 3.11. The molecule has 0 atom stereocenters. The van der Waals surface area contributed by atoms with Crippen LogP contribution in [0.15, 0.2) is 24.5 Å². The highest BCUT2D eigenvalue weighted by molar-refractivity contribution is 5.83. The van der Waals surface area contributed by atoms with Crippen LogP contribution in [-0.4, -0.2) is 22.9 Å². The lowest BCUT2D eigenvalue weighted by atomic mass is 10.1. The predicted molar refractivity (Wildman–Crippen MR) is 60.5 cm³/mol. The van der Waals surface area contributed by atoms with Crippen molar-refractivity contribution >= 4 is 6.29 Å². The van der Waals surface area contributed by atoms with Gasteiger partial charge in [0.25, 0.3) is 0 Å². The van der Waals surface area contributed by atoms with Gasteiger partial charge < -0.3 is 9.30 Å². The standard InChI is InChI=1S/C12H11FN2O2/c1-15-7-14-12(10(15)6-16)8-3-4-11(17-2)9(13)5-8/h3-7H,1-2H3. The number of methoxy groups -OCH3 is 1. The summed E-state index contributed by atoms with van der Waals surface area (Å²) in [6, 6.07) is 4.47. The summed E-state index contributed by atoms with van der Waals surface area (Å²) in [5.74, 6) is -0.315. The first-order valence-electron chi connectivity index (χ1n) is 4.97. The van der Waals surface area contributed by atoms with Gasteiger partial charge in [0.05, 0.1) is 19.1 Å². The summed E-state index contributed by atoms with van der Waals surface area (Å²) < 4.78 is 19.9. The number of aryl methyl sites for hydroxylation is 1. The van der Waals surface area contributed by atoms with Crippen molar-refractivity contribution in [3.05, 3.63) is 36.0 Å². The van der Waals surface area contributed by atoms with E-state index in [9.17, 15) is 9.18 Å². The average molecular weight is 234 g/mol. The van der Waals surface area contributed by atoms with Crippen molar-refractivity contribution in [1.29, 1.82) is 0 Å². The second kappa shape index (κ2) is 4.37. The fourth-order valence-corrected chi connectivity index (χ4v) is 1.61. The molecule has 0 spiro atoms. The summed E-state index contributed by atoms with van der Waals surface area (Å²) in [6.07, 6.45) is 2.21. The first-order valence-corrected chi connectivity index (χ1v) is 4.97. The molecule has 0 aliphatic rings. The molecule has 0 aliphatic heterocycles. The molecule has 88 valence electrons. The van der Waals surface area contributed by atoms with Gasteiger partial charge in [-0.15, -0.1) is 0 Å². The fraction of sp³-hybridized carbons (Fsp3) is 0.167. The molecule has 0 N–H and O–H groups in total. The predicted octanol–water partition coefficient (Wildman–Crippen LogP) is 2.05.